The number of benzene rings is 2. The highest BCUT2D eigenvalue weighted by Crippen LogP contribution is 2.09. The molecule has 0 spiro atoms. The number of nitrogens with one attached hydrogen (secondary N) is 1. The van der Waals surface area contributed by atoms with E-state index >= 15 is 0 Å². The third-order valence-corrected chi connectivity index (χ3v) is 5.10. The van der Waals surface area contributed by atoms with Crippen molar-refractivity contribution in [1.29, 1.82) is 0 Å². The summed E-state index contributed by atoms with van der Waals surface area (Å²) in [5, 5.41) is 3.43. The topological polar surface area (TPSA) is 73.1 Å². The molecule has 1 heterocycles. The molecule has 0 bridgehead atoms. The summed E-state index contributed by atoms with van der Waals surface area (Å²) in [6, 6.07) is 17.0. The number of hydrogen-bond donors (Lipinski definition) is 1. The fourth-order valence-electron chi connectivity index (χ4n) is 3.61. The number of rotatable bonds is 8. The van der Waals surface area contributed by atoms with Crippen LogP contribution in [-0.2, 0) is 24.3 Å². The molecule has 1 amide bonds. The molecule has 1 N–H and O–H groups in total. The predicted molar refractivity (Wildman–Crippen MR) is 120 cm³/mol. The summed E-state index contributed by atoms with van der Waals surface area (Å²) >= 11 is 0. The molecule has 1 aromatic heterocycles. The SMILES string of the molecule is CC(C)Cn1c(=O)c2ccccc2n(CC(=O)NC(C)CCc2ccccc2)c1=O. The summed E-state index contributed by atoms with van der Waals surface area (Å²) in [6.07, 6.45) is 1.67. The maximum Gasteiger partial charge on any atom is 0.331 e. The average molecular weight is 408 g/mol. The monoisotopic (exact) mass is 407 g/mol. The molecule has 0 aliphatic rings. The van der Waals surface area contributed by atoms with Crippen molar-refractivity contribution in [3.63, 3.8) is 0 Å². The highest BCUT2D eigenvalue weighted by atomic mass is 16.2. The van der Waals surface area contributed by atoms with Crippen molar-refractivity contribution in [2.24, 2.45) is 5.92 Å². The Labute approximate surface area is 176 Å². The van der Waals surface area contributed by atoms with Gasteiger partial charge >= 0.3 is 5.69 Å². The summed E-state index contributed by atoms with van der Waals surface area (Å²) in [5.41, 5.74) is 0.956. The number of hydrogen-bond acceptors (Lipinski definition) is 3. The van der Waals surface area contributed by atoms with Crippen molar-refractivity contribution in [2.45, 2.75) is 52.7 Å². The molecule has 1 atom stereocenters. The van der Waals surface area contributed by atoms with Crippen LogP contribution in [0.1, 0.15) is 32.8 Å². The Bertz CT molecular complexity index is 1130. The predicted octanol–water partition coefficient (Wildman–Crippen LogP) is 2.96. The van der Waals surface area contributed by atoms with Crippen molar-refractivity contribution < 1.29 is 4.79 Å². The lowest BCUT2D eigenvalue weighted by atomic mass is 10.1. The summed E-state index contributed by atoms with van der Waals surface area (Å²) in [6.45, 7) is 6.06. The van der Waals surface area contributed by atoms with E-state index < -0.39 is 5.69 Å². The second-order valence-electron chi connectivity index (χ2n) is 8.19. The molecule has 0 aliphatic heterocycles. The minimum absolute atomic E-state index is 0.0266. The van der Waals surface area contributed by atoms with Gasteiger partial charge in [-0.3, -0.25) is 18.7 Å². The van der Waals surface area contributed by atoms with E-state index in [1.54, 1.807) is 24.3 Å². The summed E-state index contributed by atoms with van der Waals surface area (Å²) < 4.78 is 2.64. The molecule has 3 rings (SSSR count). The van der Waals surface area contributed by atoms with Crippen LogP contribution in [0.5, 0.6) is 0 Å². The van der Waals surface area contributed by atoms with Gasteiger partial charge < -0.3 is 5.32 Å². The van der Waals surface area contributed by atoms with Gasteiger partial charge in [0.15, 0.2) is 0 Å². The van der Waals surface area contributed by atoms with Crippen LogP contribution in [0.15, 0.2) is 64.2 Å². The standard InChI is InChI=1S/C24H29N3O3/c1-17(2)15-27-23(29)20-11-7-8-12-21(20)26(24(27)30)16-22(28)25-18(3)13-14-19-9-5-4-6-10-19/h4-12,17-18H,13-16H2,1-3H3,(H,25,28). The Hall–Kier alpha value is -3.15. The van der Waals surface area contributed by atoms with Crippen LogP contribution in [0.4, 0.5) is 0 Å². The number of amides is 1. The molecule has 1 unspecified atom stereocenters. The molecule has 2 aromatic carbocycles. The molecule has 0 radical (unpaired) electrons. The van der Waals surface area contributed by atoms with E-state index in [1.165, 1.54) is 14.7 Å². The van der Waals surface area contributed by atoms with Crippen LogP contribution in [0.2, 0.25) is 0 Å². The fraction of sp³-hybridized carbons (Fsp3) is 0.375. The van der Waals surface area contributed by atoms with Crippen molar-refractivity contribution in [3.8, 4) is 0 Å². The molecule has 0 saturated heterocycles. The lowest BCUT2D eigenvalue weighted by Gasteiger charge is -2.17. The van der Waals surface area contributed by atoms with Crippen LogP contribution in [0, 0.1) is 5.92 Å². The van der Waals surface area contributed by atoms with Crippen LogP contribution in [0.25, 0.3) is 10.9 Å². The lowest BCUT2D eigenvalue weighted by molar-refractivity contribution is -0.122. The molecule has 6 nitrogen and oxygen atoms in total. The van der Waals surface area contributed by atoms with Gasteiger partial charge in [0.25, 0.3) is 5.56 Å². The highest BCUT2D eigenvalue weighted by Gasteiger charge is 2.16. The molecular formula is C24H29N3O3. The first-order valence-electron chi connectivity index (χ1n) is 10.4. The molecule has 3 aromatic rings. The molecule has 0 fully saturated rings. The number of para-hydroxylation sites is 1. The van der Waals surface area contributed by atoms with E-state index in [0.717, 1.165) is 12.8 Å². The van der Waals surface area contributed by atoms with Gasteiger partial charge in [-0.25, -0.2) is 4.79 Å². The van der Waals surface area contributed by atoms with Crippen molar-refractivity contribution >= 4 is 16.8 Å². The fourth-order valence-corrected chi connectivity index (χ4v) is 3.61. The zero-order valence-electron chi connectivity index (χ0n) is 17.8. The van der Waals surface area contributed by atoms with E-state index in [9.17, 15) is 14.4 Å². The maximum absolute atomic E-state index is 13.0. The van der Waals surface area contributed by atoms with Gasteiger partial charge in [0.2, 0.25) is 5.91 Å². The number of nitrogens with zero attached hydrogens (tertiary/aromatic N) is 2. The number of carbonyl (C=O) groups excluding carboxylic acids is 1. The molecule has 0 aliphatic carbocycles. The smallest absolute Gasteiger partial charge is 0.331 e. The van der Waals surface area contributed by atoms with Gasteiger partial charge in [-0.2, -0.15) is 0 Å². The Morgan fingerprint density at radius 3 is 2.30 bits per heavy atom. The highest BCUT2D eigenvalue weighted by molar-refractivity contribution is 5.81. The van der Waals surface area contributed by atoms with Crippen LogP contribution >= 0.6 is 0 Å². The Morgan fingerprint density at radius 2 is 1.60 bits per heavy atom. The molecular weight excluding hydrogens is 378 g/mol. The van der Waals surface area contributed by atoms with Crippen molar-refractivity contribution in [3.05, 3.63) is 81.0 Å². The minimum Gasteiger partial charge on any atom is -0.352 e. The minimum atomic E-state index is -0.445. The van der Waals surface area contributed by atoms with E-state index in [2.05, 4.69) is 17.4 Å². The molecule has 0 saturated carbocycles. The van der Waals surface area contributed by atoms with Crippen molar-refractivity contribution in [2.75, 3.05) is 0 Å². The normalized spacial score (nSPS) is 12.3. The van der Waals surface area contributed by atoms with Gasteiger partial charge in [-0.05, 0) is 43.4 Å². The average Bonchev–Trinajstić information content (AvgIpc) is 2.73. The second kappa shape index (κ2) is 9.57. The molecule has 6 heteroatoms. The first kappa shape index (κ1) is 21.6. The zero-order chi connectivity index (χ0) is 21.7. The van der Waals surface area contributed by atoms with Crippen molar-refractivity contribution in [1.82, 2.24) is 14.5 Å². The molecule has 158 valence electrons. The largest absolute Gasteiger partial charge is 0.352 e. The van der Waals surface area contributed by atoms with Gasteiger partial charge in [0, 0.05) is 12.6 Å². The summed E-state index contributed by atoms with van der Waals surface area (Å²) in [5.74, 6) is -0.102. The van der Waals surface area contributed by atoms with E-state index in [4.69, 9.17) is 0 Å². The number of carbonyl (C=O) groups is 1. The maximum atomic E-state index is 13.0. The second-order valence-corrected chi connectivity index (χ2v) is 8.19. The number of fused-ring (bicyclic) bond motifs is 1. The third-order valence-electron chi connectivity index (χ3n) is 5.10. The number of aryl methyl sites for hydroxylation is 1. The first-order chi connectivity index (χ1) is 14.4. The Morgan fingerprint density at radius 1 is 0.933 bits per heavy atom. The van der Waals surface area contributed by atoms with Gasteiger partial charge in [-0.15, -0.1) is 0 Å². The van der Waals surface area contributed by atoms with Gasteiger partial charge in [0.1, 0.15) is 6.54 Å². The Kier molecular flexibility index (Phi) is 6.87. The van der Waals surface area contributed by atoms with Crippen LogP contribution in [0.3, 0.4) is 0 Å². The third kappa shape index (κ3) is 5.06. The number of aromatic nitrogens is 2. The van der Waals surface area contributed by atoms with Gasteiger partial charge in [-0.1, -0.05) is 56.3 Å². The van der Waals surface area contributed by atoms with Gasteiger partial charge in [0.05, 0.1) is 10.9 Å². The van der Waals surface area contributed by atoms with E-state index in [1.807, 2.05) is 39.0 Å². The summed E-state index contributed by atoms with van der Waals surface area (Å²) in [7, 11) is 0. The van der Waals surface area contributed by atoms with Crippen LogP contribution in [-0.4, -0.2) is 21.1 Å². The lowest BCUT2D eigenvalue weighted by Crippen LogP contribution is -2.44. The van der Waals surface area contributed by atoms with E-state index in [0.29, 0.717) is 17.4 Å². The Balaban J connectivity index is 1.79. The van der Waals surface area contributed by atoms with E-state index in [-0.39, 0.29) is 30.0 Å². The summed E-state index contributed by atoms with van der Waals surface area (Å²) in [4.78, 5) is 38.5. The van der Waals surface area contributed by atoms with Crippen LogP contribution < -0.4 is 16.6 Å². The quantitative estimate of drug-likeness (QED) is 0.624. The first-order valence-corrected chi connectivity index (χ1v) is 10.4. The molecule has 30 heavy (non-hydrogen) atoms. The zero-order valence-corrected chi connectivity index (χ0v) is 17.8.